The molecule has 2 amide bonds. The molecule has 0 saturated heterocycles. The van der Waals surface area contributed by atoms with Crippen LogP contribution in [0.15, 0.2) is 22.0 Å². The van der Waals surface area contributed by atoms with Gasteiger partial charge in [-0.15, -0.1) is 11.3 Å². The zero-order valence-corrected chi connectivity index (χ0v) is 12.7. The van der Waals surface area contributed by atoms with Crippen molar-refractivity contribution in [3.8, 4) is 0 Å². The summed E-state index contributed by atoms with van der Waals surface area (Å²) in [6.45, 7) is 0. The second-order valence-corrected chi connectivity index (χ2v) is 6.41. The van der Waals surface area contributed by atoms with E-state index in [1.807, 2.05) is 11.4 Å². The molecule has 0 spiro atoms. The Morgan fingerprint density at radius 3 is 2.89 bits per heavy atom. The Labute approximate surface area is 124 Å². The molecule has 1 heterocycles. The van der Waals surface area contributed by atoms with Gasteiger partial charge in [0, 0.05) is 26.8 Å². The zero-order chi connectivity index (χ0) is 13.8. The fourth-order valence-electron chi connectivity index (χ4n) is 2.28. The van der Waals surface area contributed by atoms with Crippen molar-refractivity contribution < 1.29 is 9.59 Å². The Morgan fingerprint density at radius 1 is 1.47 bits per heavy atom. The molecule has 2 rings (SSSR count). The lowest BCUT2D eigenvalue weighted by Crippen LogP contribution is -2.41. The second kappa shape index (κ2) is 6.34. The summed E-state index contributed by atoms with van der Waals surface area (Å²) in [7, 11) is 0. The van der Waals surface area contributed by atoms with Crippen molar-refractivity contribution in [2.45, 2.75) is 25.3 Å². The molecule has 1 aromatic heterocycles. The number of halogens is 1. The molecule has 2 atom stereocenters. The highest BCUT2D eigenvalue weighted by Crippen LogP contribution is 2.25. The lowest BCUT2D eigenvalue weighted by molar-refractivity contribution is -0.123. The number of amides is 2. The number of nitrogens with one attached hydrogen (secondary N) is 1. The van der Waals surface area contributed by atoms with E-state index in [1.165, 1.54) is 6.08 Å². The minimum absolute atomic E-state index is 0.121. The maximum Gasteiger partial charge on any atom is 0.244 e. The van der Waals surface area contributed by atoms with Gasteiger partial charge in [-0.2, -0.15) is 0 Å². The van der Waals surface area contributed by atoms with Crippen LogP contribution in [0.5, 0.6) is 0 Å². The van der Waals surface area contributed by atoms with E-state index >= 15 is 0 Å². The third-order valence-corrected chi connectivity index (χ3v) is 4.85. The van der Waals surface area contributed by atoms with Crippen molar-refractivity contribution in [1.82, 2.24) is 5.32 Å². The second-order valence-electron chi connectivity index (χ2n) is 4.56. The van der Waals surface area contributed by atoms with Crippen LogP contribution >= 0.6 is 27.3 Å². The average Bonchev–Trinajstić information content (AvgIpc) is 2.95. The molecule has 6 heteroatoms. The summed E-state index contributed by atoms with van der Waals surface area (Å²) in [5.41, 5.74) is 5.32. The van der Waals surface area contributed by atoms with Gasteiger partial charge in [-0.1, -0.05) is 6.42 Å². The average molecular weight is 343 g/mol. The third kappa shape index (κ3) is 3.91. The van der Waals surface area contributed by atoms with Crippen LogP contribution in [0.4, 0.5) is 0 Å². The summed E-state index contributed by atoms with van der Waals surface area (Å²) < 4.78 is 1.00. The highest BCUT2D eigenvalue weighted by Gasteiger charge is 2.31. The van der Waals surface area contributed by atoms with Gasteiger partial charge in [0.25, 0.3) is 0 Å². The van der Waals surface area contributed by atoms with E-state index in [0.717, 1.165) is 28.6 Å². The maximum absolute atomic E-state index is 11.8. The summed E-state index contributed by atoms with van der Waals surface area (Å²) in [5, 5.41) is 4.81. The van der Waals surface area contributed by atoms with Crippen LogP contribution < -0.4 is 11.1 Å². The summed E-state index contributed by atoms with van der Waals surface area (Å²) >= 11 is 4.91. The number of hydrogen-bond donors (Lipinski definition) is 2. The van der Waals surface area contributed by atoms with E-state index in [1.54, 1.807) is 17.4 Å². The first kappa shape index (κ1) is 14.3. The summed E-state index contributed by atoms with van der Waals surface area (Å²) in [6.07, 6.45) is 5.77. The molecule has 2 unspecified atom stereocenters. The Hall–Kier alpha value is -1.14. The fraction of sp³-hybridized carbons (Fsp3) is 0.385. The molecule has 0 bridgehead atoms. The quantitative estimate of drug-likeness (QED) is 0.824. The lowest BCUT2D eigenvalue weighted by Gasteiger charge is -2.16. The van der Waals surface area contributed by atoms with Crippen molar-refractivity contribution in [1.29, 1.82) is 0 Å². The predicted octanol–water partition coefficient (Wildman–Crippen LogP) is 2.29. The van der Waals surface area contributed by atoms with Gasteiger partial charge >= 0.3 is 0 Å². The van der Waals surface area contributed by atoms with Crippen LogP contribution in [0.1, 0.15) is 24.1 Å². The standard InChI is InChI=1S/C13H15BrN2O2S/c14-8-6-9(19-7-8)4-5-12(17)16-11-3-1-2-10(11)13(15)18/h4-7,10-11H,1-3H2,(H2,15,18)(H,16,17). The zero-order valence-electron chi connectivity index (χ0n) is 10.3. The largest absolute Gasteiger partial charge is 0.369 e. The van der Waals surface area contributed by atoms with E-state index in [9.17, 15) is 9.59 Å². The van der Waals surface area contributed by atoms with E-state index < -0.39 is 0 Å². The van der Waals surface area contributed by atoms with Gasteiger partial charge in [0.1, 0.15) is 0 Å². The summed E-state index contributed by atoms with van der Waals surface area (Å²) in [5.74, 6) is -0.732. The first-order valence-corrected chi connectivity index (χ1v) is 7.75. The molecule has 102 valence electrons. The van der Waals surface area contributed by atoms with Gasteiger partial charge in [0.2, 0.25) is 11.8 Å². The smallest absolute Gasteiger partial charge is 0.244 e. The van der Waals surface area contributed by atoms with Gasteiger partial charge in [-0.3, -0.25) is 9.59 Å². The predicted molar refractivity (Wildman–Crippen MR) is 79.5 cm³/mol. The molecule has 1 aliphatic rings. The van der Waals surface area contributed by atoms with Gasteiger partial charge in [0.05, 0.1) is 5.92 Å². The molecule has 4 nitrogen and oxygen atoms in total. The molecule has 1 aromatic rings. The Morgan fingerprint density at radius 2 is 2.26 bits per heavy atom. The molecular weight excluding hydrogens is 328 g/mol. The first-order chi connectivity index (χ1) is 9.06. The molecule has 1 fully saturated rings. The highest BCUT2D eigenvalue weighted by atomic mass is 79.9. The van der Waals surface area contributed by atoms with Crippen molar-refractivity contribution in [3.05, 3.63) is 26.9 Å². The monoisotopic (exact) mass is 342 g/mol. The van der Waals surface area contributed by atoms with E-state index in [-0.39, 0.29) is 23.8 Å². The number of carbonyl (C=O) groups is 2. The summed E-state index contributed by atoms with van der Waals surface area (Å²) in [6, 6.07) is 1.82. The Bertz CT molecular complexity index is 512. The molecule has 19 heavy (non-hydrogen) atoms. The first-order valence-electron chi connectivity index (χ1n) is 6.08. The van der Waals surface area contributed by atoms with Crippen LogP contribution in [-0.2, 0) is 9.59 Å². The fourth-order valence-corrected chi connectivity index (χ4v) is 3.61. The lowest BCUT2D eigenvalue weighted by atomic mass is 10.0. The van der Waals surface area contributed by atoms with E-state index in [2.05, 4.69) is 21.2 Å². The van der Waals surface area contributed by atoms with Crippen LogP contribution in [0.2, 0.25) is 0 Å². The van der Waals surface area contributed by atoms with Crippen LogP contribution in [0.3, 0.4) is 0 Å². The van der Waals surface area contributed by atoms with Crippen molar-refractivity contribution in [2.75, 3.05) is 0 Å². The van der Waals surface area contributed by atoms with Crippen LogP contribution in [-0.4, -0.2) is 17.9 Å². The number of nitrogens with two attached hydrogens (primary N) is 1. The Kier molecular flexibility index (Phi) is 4.76. The van der Waals surface area contributed by atoms with Gasteiger partial charge in [0.15, 0.2) is 0 Å². The van der Waals surface area contributed by atoms with Crippen molar-refractivity contribution in [3.63, 3.8) is 0 Å². The number of carbonyl (C=O) groups excluding carboxylic acids is 2. The van der Waals surface area contributed by atoms with Crippen molar-refractivity contribution >= 4 is 45.2 Å². The number of rotatable bonds is 4. The maximum atomic E-state index is 11.8. The third-order valence-electron chi connectivity index (χ3n) is 3.20. The topological polar surface area (TPSA) is 72.2 Å². The highest BCUT2D eigenvalue weighted by molar-refractivity contribution is 9.10. The van der Waals surface area contributed by atoms with E-state index in [4.69, 9.17) is 5.73 Å². The number of hydrogen-bond acceptors (Lipinski definition) is 3. The molecular formula is C13H15BrN2O2S. The normalized spacial score (nSPS) is 22.8. The van der Waals surface area contributed by atoms with Gasteiger partial charge in [-0.05, 0) is 40.9 Å². The van der Waals surface area contributed by atoms with E-state index in [0.29, 0.717) is 0 Å². The van der Waals surface area contributed by atoms with Crippen LogP contribution in [0, 0.1) is 5.92 Å². The minimum Gasteiger partial charge on any atom is -0.369 e. The molecule has 1 aliphatic carbocycles. The molecule has 3 N–H and O–H groups in total. The number of thiophene rings is 1. The van der Waals surface area contributed by atoms with Gasteiger partial charge in [-0.25, -0.2) is 0 Å². The SMILES string of the molecule is NC(=O)C1CCCC1NC(=O)C=Cc1cc(Br)cs1. The van der Waals surface area contributed by atoms with Gasteiger partial charge < -0.3 is 11.1 Å². The Balaban J connectivity index is 1.90. The van der Waals surface area contributed by atoms with Crippen molar-refractivity contribution in [2.24, 2.45) is 11.7 Å². The number of primary amides is 1. The molecule has 0 radical (unpaired) electrons. The summed E-state index contributed by atoms with van der Waals surface area (Å²) in [4.78, 5) is 24.0. The molecule has 0 aromatic carbocycles. The van der Waals surface area contributed by atoms with Crippen LogP contribution in [0.25, 0.3) is 6.08 Å². The molecule has 1 saturated carbocycles. The molecule has 0 aliphatic heterocycles. The minimum atomic E-state index is -0.325.